The fourth-order valence-corrected chi connectivity index (χ4v) is 4.10. The van der Waals surface area contributed by atoms with E-state index in [9.17, 15) is 4.79 Å². The van der Waals surface area contributed by atoms with Gasteiger partial charge < -0.3 is 9.80 Å². The molecule has 5 nitrogen and oxygen atoms in total. The van der Waals surface area contributed by atoms with E-state index in [1.165, 1.54) is 11.1 Å². The number of benzene rings is 2. The summed E-state index contributed by atoms with van der Waals surface area (Å²) in [5, 5.41) is 4.18. The molecule has 0 atom stereocenters. The van der Waals surface area contributed by atoms with Gasteiger partial charge in [-0.1, -0.05) is 18.2 Å². The number of hydrogen-bond acceptors (Lipinski definition) is 4. The molecule has 3 aromatic rings. The third kappa shape index (κ3) is 1.85. The Morgan fingerprint density at radius 1 is 0.917 bits per heavy atom. The van der Waals surface area contributed by atoms with Crippen LogP contribution < -0.4 is 15.9 Å². The van der Waals surface area contributed by atoms with Crippen molar-refractivity contribution in [1.82, 2.24) is 9.47 Å². The molecule has 0 unspecified atom stereocenters. The van der Waals surface area contributed by atoms with Crippen LogP contribution in [0.25, 0.3) is 21.5 Å². The van der Waals surface area contributed by atoms with Crippen LogP contribution in [-0.4, -0.2) is 49.2 Å². The van der Waals surface area contributed by atoms with Crippen molar-refractivity contribution in [2.75, 3.05) is 44.7 Å². The van der Waals surface area contributed by atoms with Gasteiger partial charge in [0, 0.05) is 60.0 Å². The lowest BCUT2D eigenvalue weighted by Gasteiger charge is -2.34. The van der Waals surface area contributed by atoms with Crippen LogP contribution in [0.1, 0.15) is 0 Å². The third-order valence-electron chi connectivity index (χ3n) is 5.42. The second-order valence-electron chi connectivity index (χ2n) is 6.81. The Morgan fingerprint density at radius 3 is 2.54 bits per heavy atom. The van der Waals surface area contributed by atoms with Crippen LogP contribution in [0.2, 0.25) is 0 Å². The molecule has 2 aromatic carbocycles. The van der Waals surface area contributed by atoms with E-state index < -0.39 is 0 Å². The van der Waals surface area contributed by atoms with Crippen molar-refractivity contribution < 1.29 is 0 Å². The lowest BCUT2D eigenvalue weighted by Crippen LogP contribution is -2.44. The van der Waals surface area contributed by atoms with E-state index in [-0.39, 0.29) is 5.56 Å². The van der Waals surface area contributed by atoms with Gasteiger partial charge in [-0.3, -0.25) is 14.4 Å². The topological polar surface area (TPSA) is 40.8 Å². The first kappa shape index (κ1) is 14.0. The summed E-state index contributed by atoms with van der Waals surface area (Å²) in [5.74, 6) is 0. The molecule has 0 amide bonds. The second-order valence-corrected chi connectivity index (χ2v) is 6.81. The predicted octanol–water partition coefficient (Wildman–Crippen LogP) is 1.26. The van der Waals surface area contributed by atoms with Gasteiger partial charge >= 0.3 is 0 Å². The SMILES string of the molecule is CN1CCN(c2ccc3c(=O)n4c(c5cccc2c35)=NCC4)CC1. The fourth-order valence-electron chi connectivity index (χ4n) is 4.10. The van der Waals surface area contributed by atoms with Crippen molar-refractivity contribution in [2.45, 2.75) is 6.54 Å². The predicted molar refractivity (Wildman–Crippen MR) is 97.0 cm³/mol. The Morgan fingerprint density at radius 2 is 1.71 bits per heavy atom. The largest absolute Gasteiger partial charge is 0.368 e. The van der Waals surface area contributed by atoms with Crippen LogP contribution in [0.4, 0.5) is 5.69 Å². The van der Waals surface area contributed by atoms with Gasteiger partial charge in [0.15, 0.2) is 0 Å². The summed E-state index contributed by atoms with van der Waals surface area (Å²) in [7, 11) is 2.17. The van der Waals surface area contributed by atoms with Gasteiger partial charge in [0.05, 0.1) is 6.54 Å². The summed E-state index contributed by atoms with van der Waals surface area (Å²) in [6.45, 7) is 5.60. The van der Waals surface area contributed by atoms with Crippen molar-refractivity contribution in [2.24, 2.45) is 4.99 Å². The standard InChI is InChI=1S/C19H20N4O/c1-21-9-11-22(12-10-21)16-6-5-15-17-13(16)3-2-4-14(17)18-20-7-8-23(18)19(15)24/h2-6H,7-12H2,1H3. The number of nitrogens with zero attached hydrogens (tertiary/aromatic N) is 4. The first-order valence-electron chi connectivity index (χ1n) is 8.60. The highest BCUT2D eigenvalue weighted by atomic mass is 16.1. The molecule has 5 rings (SSSR count). The van der Waals surface area contributed by atoms with E-state index in [1.807, 2.05) is 10.6 Å². The van der Waals surface area contributed by atoms with Gasteiger partial charge in [-0.15, -0.1) is 0 Å². The van der Waals surface area contributed by atoms with Crippen LogP contribution >= 0.6 is 0 Å². The molecule has 0 N–H and O–H groups in total. The molecule has 5 heteroatoms. The molecule has 0 spiro atoms. The molecule has 2 aliphatic heterocycles. The molecule has 3 heterocycles. The maximum absolute atomic E-state index is 12.8. The molecular weight excluding hydrogens is 300 g/mol. The summed E-state index contributed by atoms with van der Waals surface area (Å²) in [4.78, 5) is 22.2. The lowest BCUT2D eigenvalue weighted by atomic mass is 10.00. The number of anilines is 1. The maximum Gasteiger partial charge on any atom is 0.260 e. The maximum atomic E-state index is 12.8. The number of aromatic nitrogens is 1. The van der Waals surface area contributed by atoms with E-state index >= 15 is 0 Å². The van der Waals surface area contributed by atoms with Crippen LogP contribution in [0.3, 0.4) is 0 Å². The average molecular weight is 320 g/mol. The summed E-state index contributed by atoms with van der Waals surface area (Å²) in [6.07, 6.45) is 0. The zero-order valence-electron chi connectivity index (χ0n) is 13.8. The number of fused-ring (bicyclic) bond motifs is 2. The fraction of sp³-hybridized carbons (Fsp3) is 0.368. The van der Waals surface area contributed by atoms with Gasteiger partial charge in [-0.25, -0.2) is 0 Å². The molecule has 24 heavy (non-hydrogen) atoms. The highest BCUT2D eigenvalue weighted by molar-refractivity contribution is 6.14. The minimum Gasteiger partial charge on any atom is -0.368 e. The van der Waals surface area contributed by atoms with Crippen molar-refractivity contribution >= 4 is 27.2 Å². The number of piperazine rings is 1. The average Bonchev–Trinajstić information content (AvgIpc) is 3.10. The smallest absolute Gasteiger partial charge is 0.260 e. The van der Waals surface area contributed by atoms with Crippen molar-refractivity contribution in [3.8, 4) is 0 Å². The second kappa shape index (κ2) is 5.05. The first-order valence-corrected chi connectivity index (χ1v) is 8.60. The molecule has 2 aliphatic rings. The van der Waals surface area contributed by atoms with Crippen LogP contribution in [-0.2, 0) is 6.54 Å². The van der Waals surface area contributed by atoms with E-state index in [4.69, 9.17) is 0 Å². The Kier molecular flexibility index (Phi) is 2.94. The monoisotopic (exact) mass is 320 g/mol. The minimum absolute atomic E-state index is 0.0971. The number of pyridine rings is 1. The van der Waals surface area contributed by atoms with E-state index in [2.05, 4.69) is 46.1 Å². The Labute approximate surface area is 139 Å². The van der Waals surface area contributed by atoms with Crippen LogP contribution in [0.15, 0.2) is 40.1 Å². The lowest BCUT2D eigenvalue weighted by molar-refractivity contribution is 0.313. The van der Waals surface area contributed by atoms with Crippen molar-refractivity contribution in [1.29, 1.82) is 0 Å². The summed E-state index contributed by atoms with van der Waals surface area (Å²) < 4.78 is 1.83. The van der Waals surface area contributed by atoms with E-state index in [1.54, 1.807) is 0 Å². The van der Waals surface area contributed by atoms with Gasteiger partial charge in [-0.05, 0) is 19.2 Å². The van der Waals surface area contributed by atoms with Gasteiger partial charge in [0.25, 0.3) is 5.56 Å². The molecule has 1 fully saturated rings. The van der Waals surface area contributed by atoms with Gasteiger partial charge in [0.2, 0.25) is 0 Å². The highest BCUT2D eigenvalue weighted by Crippen LogP contribution is 2.32. The number of rotatable bonds is 1. The normalized spacial score (nSPS) is 18.3. The van der Waals surface area contributed by atoms with Crippen molar-refractivity contribution in [3.05, 3.63) is 46.2 Å². The summed E-state index contributed by atoms with van der Waals surface area (Å²) >= 11 is 0. The highest BCUT2D eigenvalue weighted by Gasteiger charge is 2.20. The Balaban J connectivity index is 1.83. The molecular formula is C19H20N4O. The first-order chi connectivity index (χ1) is 11.7. The molecule has 0 saturated carbocycles. The number of hydrogen-bond donors (Lipinski definition) is 0. The van der Waals surface area contributed by atoms with Crippen molar-refractivity contribution in [3.63, 3.8) is 0 Å². The molecule has 0 aliphatic carbocycles. The molecule has 0 radical (unpaired) electrons. The zero-order chi connectivity index (χ0) is 16.3. The number of likely N-dealkylation sites (N-methyl/N-ethyl adjacent to an activating group) is 1. The third-order valence-corrected chi connectivity index (χ3v) is 5.42. The molecule has 1 aromatic heterocycles. The van der Waals surface area contributed by atoms with Gasteiger partial charge in [0.1, 0.15) is 5.49 Å². The minimum atomic E-state index is 0.0971. The Hall–Kier alpha value is -2.40. The molecule has 0 bridgehead atoms. The van der Waals surface area contributed by atoms with Crippen LogP contribution in [0, 0.1) is 0 Å². The molecule has 122 valence electrons. The zero-order valence-corrected chi connectivity index (χ0v) is 13.8. The quantitative estimate of drug-likeness (QED) is 0.678. The van der Waals surface area contributed by atoms with E-state index in [0.717, 1.165) is 47.8 Å². The molecule has 1 saturated heterocycles. The van der Waals surface area contributed by atoms with Crippen LogP contribution in [0.5, 0.6) is 0 Å². The summed E-state index contributed by atoms with van der Waals surface area (Å²) in [5.41, 5.74) is 2.19. The van der Waals surface area contributed by atoms with Gasteiger partial charge in [-0.2, -0.15) is 0 Å². The van der Waals surface area contributed by atoms with E-state index in [0.29, 0.717) is 13.1 Å². The summed E-state index contributed by atoms with van der Waals surface area (Å²) in [6, 6.07) is 10.5. The Bertz CT molecular complexity index is 1060.